The second kappa shape index (κ2) is 5.63. The van der Waals surface area contributed by atoms with Crippen molar-refractivity contribution in [3.05, 3.63) is 12.2 Å². The van der Waals surface area contributed by atoms with Crippen molar-refractivity contribution in [3.8, 4) is 0 Å². The molecule has 1 aliphatic heterocycles. The first-order valence-electron chi connectivity index (χ1n) is 6.71. The minimum atomic E-state index is -0.700. The molecule has 0 aromatic rings. The number of rotatable bonds is 3. The number of carbonyl (C=O) groups excluding carboxylic acids is 1. The number of carbonyl (C=O) groups is 1. The van der Waals surface area contributed by atoms with Crippen molar-refractivity contribution in [2.45, 2.75) is 78.0 Å². The summed E-state index contributed by atoms with van der Waals surface area (Å²) in [4.78, 5) is 11.8. The Bertz CT molecular complexity index is 352. The number of ether oxygens (including phenoxy) is 3. The van der Waals surface area contributed by atoms with Gasteiger partial charge in [0.15, 0.2) is 5.79 Å². The Kier molecular flexibility index (Phi) is 4.80. The molecule has 0 aliphatic carbocycles. The second-order valence-electron chi connectivity index (χ2n) is 6.62. The van der Waals surface area contributed by atoms with Crippen LogP contribution in [0.2, 0.25) is 0 Å². The summed E-state index contributed by atoms with van der Waals surface area (Å²) >= 11 is 0. The lowest BCUT2D eigenvalue weighted by molar-refractivity contribution is -0.292. The van der Waals surface area contributed by atoms with Crippen LogP contribution >= 0.6 is 0 Å². The van der Waals surface area contributed by atoms with Gasteiger partial charge in [0.25, 0.3) is 0 Å². The predicted octanol–water partition coefficient (Wildman–Crippen LogP) is 3.20. The van der Waals surface area contributed by atoms with E-state index in [1.54, 1.807) is 0 Å². The van der Waals surface area contributed by atoms with Gasteiger partial charge in [-0.05, 0) is 41.5 Å². The molecule has 0 unspecified atom stereocenters. The van der Waals surface area contributed by atoms with Crippen LogP contribution in [-0.2, 0) is 19.0 Å². The summed E-state index contributed by atoms with van der Waals surface area (Å²) in [6, 6.07) is 0. The molecule has 1 heterocycles. The Hall–Kier alpha value is -0.870. The summed E-state index contributed by atoms with van der Waals surface area (Å²) in [5.41, 5.74) is 0.483. The largest absolute Gasteiger partial charge is 0.460 e. The lowest BCUT2D eigenvalue weighted by Crippen LogP contribution is -2.46. The molecule has 0 aromatic carbocycles. The van der Waals surface area contributed by atoms with Crippen LogP contribution in [0.25, 0.3) is 0 Å². The fraction of sp³-hybridized carbons (Fsp3) is 0.800. The summed E-state index contributed by atoms with van der Waals surface area (Å²) in [5.74, 6) is -0.940. The van der Waals surface area contributed by atoms with Crippen LogP contribution < -0.4 is 0 Å². The Labute approximate surface area is 116 Å². The minimum absolute atomic E-state index is 0.0730. The third kappa shape index (κ3) is 5.74. The van der Waals surface area contributed by atoms with Gasteiger partial charge in [0.1, 0.15) is 5.60 Å². The number of hydrogen-bond acceptors (Lipinski definition) is 4. The zero-order chi connectivity index (χ0) is 14.8. The summed E-state index contributed by atoms with van der Waals surface area (Å²) in [7, 11) is 0. The van der Waals surface area contributed by atoms with E-state index in [-0.39, 0.29) is 24.6 Å². The normalized spacial score (nSPS) is 26.8. The highest BCUT2D eigenvalue weighted by atomic mass is 16.7. The predicted molar refractivity (Wildman–Crippen MR) is 73.7 cm³/mol. The molecular weight excluding hydrogens is 244 g/mol. The van der Waals surface area contributed by atoms with Crippen LogP contribution in [0.1, 0.15) is 54.4 Å². The molecule has 0 amide bonds. The SMILES string of the molecule is C=C(C)[C@@H]1C[C@H](CC(=O)OC(C)(C)C)OC(C)(C)O1. The van der Waals surface area contributed by atoms with E-state index < -0.39 is 11.4 Å². The van der Waals surface area contributed by atoms with Crippen LogP contribution in [0.4, 0.5) is 0 Å². The van der Waals surface area contributed by atoms with Crippen molar-refractivity contribution in [3.63, 3.8) is 0 Å². The molecule has 2 atom stereocenters. The van der Waals surface area contributed by atoms with E-state index in [0.29, 0.717) is 6.42 Å². The molecule has 0 aromatic heterocycles. The molecule has 0 N–H and O–H groups in total. The fourth-order valence-corrected chi connectivity index (χ4v) is 2.10. The van der Waals surface area contributed by atoms with Crippen molar-refractivity contribution in [2.75, 3.05) is 0 Å². The van der Waals surface area contributed by atoms with Crippen molar-refractivity contribution in [1.82, 2.24) is 0 Å². The maximum absolute atomic E-state index is 11.8. The molecular formula is C15H26O4. The summed E-state index contributed by atoms with van der Waals surface area (Å²) in [5, 5.41) is 0. The second-order valence-corrected chi connectivity index (χ2v) is 6.62. The molecule has 1 saturated heterocycles. The number of esters is 1. The fourth-order valence-electron chi connectivity index (χ4n) is 2.10. The maximum Gasteiger partial charge on any atom is 0.308 e. The Balaban J connectivity index is 2.62. The molecule has 110 valence electrons. The highest BCUT2D eigenvalue weighted by Gasteiger charge is 2.37. The van der Waals surface area contributed by atoms with E-state index in [1.807, 2.05) is 41.5 Å². The van der Waals surface area contributed by atoms with Crippen molar-refractivity contribution in [2.24, 2.45) is 0 Å². The molecule has 0 bridgehead atoms. The third-order valence-corrected chi connectivity index (χ3v) is 2.72. The summed E-state index contributed by atoms with van der Waals surface area (Å²) < 4.78 is 16.9. The lowest BCUT2D eigenvalue weighted by Gasteiger charge is -2.41. The zero-order valence-corrected chi connectivity index (χ0v) is 12.9. The Morgan fingerprint density at radius 3 is 2.42 bits per heavy atom. The highest BCUT2D eigenvalue weighted by Crippen LogP contribution is 2.31. The van der Waals surface area contributed by atoms with E-state index in [2.05, 4.69) is 6.58 Å². The Morgan fingerprint density at radius 1 is 1.37 bits per heavy atom. The minimum Gasteiger partial charge on any atom is -0.460 e. The van der Waals surface area contributed by atoms with Gasteiger partial charge in [0, 0.05) is 6.42 Å². The van der Waals surface area contributed by atoms with Gasteiger partial charge in [0.05, 0.1) is 18.6 Å². The first-order valence-corrected chi connectivity index (χ1v) is 6.71. The van der Waals surface area contributed by atoms with Gasteiger partial charge in [-0.1, -0.05) is 12.2 Å². The van der Waals surface area contributed by atoms with Crippen LogP contribution in [0, 0.1) is 0 Å². The maximum atomic E-state index is 11.8. The van der Waals surface area contributed by atoms with Gasteiger partial charge in [-0.3, -0.25) is 4.79 Å². The third-order valence-electron chi connectivity index (χ3n) is 2.72. The average molecular weight is 270 g/mol. The topological polar surface area (TPSA) is 44.8 Å². The van der Waals surface area contributed by atoms with Crippen LogP contribution in [0.3, 0.4) is 0 Å². The molecule has 0 spiro atoms. The molecule has 4 heteroatoms. The quantitative estimate of drug-likeness (QED) is 0.583. The summed E-state index contributed by atoms with van der Waals surface area (Å²) in [6.45, 7) is 15.1. The molecule has 19 heavy (non-hydrogen) atoms. The summed E-state index contributed by atoms with van der Waals surface area (Å²) in [6.07, 6.45) is 0.614. The van der Waals surface area contributed by atoms with E-state index in [0.717, 1.165) is 5.57 Å². The van der Waals surface area contributed by atoms with Crippen LogP contribution in [0.5, 0.6) is 0 Å². The van der Waals surface area contributed by atoms with E-state index in [4.69, 9.17) is 14.2 Å². The first kappa shape index (κ1) is 16.2. The highest BCUT2D eigenvalue weighted by molar-refractivity contribution is 5.70. The zero-order valence-electron chi connectivity index (χ0n) is 12.9. The Morgan fingerprint density at radius 2 is 1.95 bits per heavy atom. The molecule has 1 rings (SSSR count). The monoisotopic (exact) mass is 270 g/mol. The molecule has 1 fully saturated rings. The van der Waals surface area contributed by atoms with Gasteiger partial charge >= 0.3 is 5.97 Å². The van der Waals surface area contributed by atoms with Crippen LogP contribution in [-0.4, -0.2) is 29.6 Å². The van der Waals surface area contributed by atoms with Crippen molar-refractivity contribution < 1.29 is 19.0 Å². The van der Waals surface area contributed by atoms with E-state index >= 15 is 0 Å². The van der Waals surface area contributed by atoms with Gasteiger partial charge < -0.3 is 14.2 Å². The van der Waals surface area contributed by atoms with Crippen LogP contribution in [0.15, 0.2) is 12.2 Å². The van der Waals surface area contributed by atoms with Crippen molar-refractivity contribution in [1.29, 1.82) is 0 Å². The van der Waals surface area contributed by atoms with Gasteiger partial charge in [0.2, 0.25) is 0 Å². The molecule has 0 saturated carbocycles. The van der Waals surface area contributed by atoms with E-state index in [9.17, 15) is 4.79 Å². The molecule has 0 radical (unpaired) electrons. The average Bonchev–Trinajstić information content (AvgIpc) is 2.10. The molecule has 4 nitrogen and oxygen atoms in total. The van der Waals surface area contributed by atoms with Crippen molar-refractivity contribution >= 4 is 5.97 Å². The number of hydrogen-bond donors (Lipinski definition) is 0. The smallest absolute Gasteiger partial charge is 0.308 e. The van der Waals surface area contributed by atoms with Gasteiger partial charge in [-0.2, -0.15) is 0 Å². The lowest BCUT2D eigenvalue weighted by atomic mass is 10.0. The van der Waals surface area contributed by atoms with Gasteiger partial charge in [-0.25, -0.2) is 0 Å². The van der Waals surface area contributed by atoms with E-state index in [1.165, 1.54) is 0 Å². The standard InChI is InChI=1S/C15H26O4/c1-10(2)12-8-11(17-15(6,7)18-12)9-13(16)19-14(3,4)5/h11-12H,1,8-9H2,2-7H3/t11-,12+/m1/s1. The van der Waals surface area contributed by atoms with Gasteiger partial charge in [-0.15, -0.1) is 0 Å². The molecule has 1 aliphatic rings. The first-order chi connectivity index (χ1) is 8.48.